The van der Waals surface area contributed by atoms with Gasteiger partial charge >= 0.3 is 5.97 Å². The number of rotatable bonds is 4. The minimum Gasteiger partial charge on any atom is -0.469 e. The van der Waals surface area contributed by atoms with Crippen LogP contribution in [0.15, 0.2) is 12.3 Å². The highest BCUT2D eigenvalue weighted by Crippen LogP contribution is 2.23. The van der Waals surface area contributed by atoms with Gasteiger partial charge in [-0.15, -0.1) is 0 Å². The number of hydrogen-bond acceptors (Lipinski definition) is 3. The molecule has 1 aromatic rings. The number of methoxy groups -OCH3 is 1. The first-order chi connectivity index (χ1) is 7.58. The van der Waals surface area contributed by atoms with Gasteiger partial charge in [-0.3, -0.25) is 9.78 Å². The summed E-state index contributed by atoms with van der Waals surface area (Å²) in [5, 5.41) is 0.449. The van der Waals surface area contributed by atoms with E-state index in [1.54, 1.807) is 0 Å². The van der Waals surface area contributed by atoms with Crippen molar-refractivity contribution in [1.82, 2.24) is 4.98 Å². The summed E-state index contributed by atoms with van der Waals surface area (Å²) < 4.78 is 29.7. The van der Waals surface area contributed by atoms with Crippen LogP contribution in [0.5, 0.6) is 0 Å². The fourth-order valence-electron chi connectivity index (χ4n) is 1.21. The van der Waals surface area contributed by atoms with Crippen molar-refractivity contribution in [2.24, 2.45) is 0 Å². The van der Waals surface area contributed by atoms with Gasteiger partial charge in [0.25, 0.3) is 6.43 Å². The Bertz CT molecular complexity index is 385. The van der Waals surface area contributed by atoms with Crippen LogP contribution in [0.3, 0.4) is 0 Å². The smallest absolute Gasteiger partial charge is 0.309 e. The Hall–Kier alpha value is -1.04. The molecule has 0 aliphatic rings. The Morgan fingerprint density at radius 2 is 2.31 bits per heavy atom. The summed E-state index contributed by atoms with van der Waals surface area (Å²) in [4.78, 5) is 14.9. The first-order valence-corrected chi connectivity index (χ1v) is 5.59. The van der Waals surface area contributed by atoms with E-state index in [9.17, 15) is 13.6 Å². The monoisotopic (exact) mass is 293 g/mol. The minimum atomic E-state index is -2.64. The van der Waals surface area contributed by atoms with Gasteiger partial charge in [-0.1, -0.05) is 15.9 Å². The van der Waals surface area contributed by atoms with Crippen LogP contribution in [0.25, 0.3) is 0 Å². The molecule has 0 amide bonds. The normalized spacial score (nSPS) is 10.6. The van der Waals surface area contributed by atoms with Crippen molar-refractivity contribution in [3.05, 3.63) is 29.1 Å². The molecule has 0 saturated carbocycles. The molecule has 0 aliphatic carbocycles. The van der Waals surface area contributed by atoms with Crippen LogP contribution in [0, 0.1) is 0 Å². The van der Waals surface area contributed by atoms with Crippen LogP contribution in [0.4, 0.5) is 8.78 Å². The van der Waals surface area contributed by atoms with E-state index in [1.807, 2.05) is 0 Å². The highest BCUT2D eigenvalue weighted by Gasteiger charge is 2.16. The van der Waals surface area contributed by atoms with E-state index in [0.29, 0.717) is 11.0 Å². The second-order valence-corrected chi connectivity index (χ2v) is 3.62. The lowest BCUT2D eigenvalue weighted by Crippen LogP contribution is -2.08. The lowest BCUT2D eigenvalue weighted by Gasteiger charge is -2.08. The molecule has 1 heterocycles. The van der Waals surface area contributed by atoms with Crippen molar-refractivity contribution in [3.8, 4) is 0 Å². The Kier molecular flexibility index (Phi) is 4.79. The van der Waals surface area contributed by atoms with Gasteiger partial charge in [-0.2, -0.15) is 0 Å². The van der Waals surface area contributed by atoms with Crippen LogP contribution in [-0.4, -0.2) is 18.1 Å². The number of pyridine rings is 1. The van der Waals surface area contributed by atoms with Gasteiger partial charge in [-0.25, -0.2) is 8.78 Å². The summed E-state index contributed by atoms with van der Waals surface area (Å²) in [5.41, 5.74) is 0.629. The van der Waals surface area contributed by atoms with Gasteiger partial charge in [0.15, 0.2) is 0 Å². The zero-order valence-corrected chi connectivity index (χ0v) is 10.1. The van der Waals surface area contributed by atoms with Crippen molar-refractivity contribution in [3.63, 3.8) is 0 Å². The van der Waals surface area contributed by atoms with Gasteiger partial charge in [0.05, 0.1) is 19.2 Å². The quantitative estimate of drug-likeness (QED) is 0.633. The number of nitrogens with zero attached hydrogens (tertiary/aromatic N) is 1. The maximum Gasteiger partial charge on any atom is 0.309 e. The zero-order valence-electron chi connectivity index (χ0n) is 8.54. The molecule has 0 aliphatic heterocycles. The third kappa shape index (κ3) is 3.23. The molecule has 0 spiro atoms. The van der Waals surface area contributed by atoms with Gasteiger partial charge in [-0.05, 0) is 11.6 Å². The molecule has 0 saturated heterocycles. The summed E-state index contributed by atoms with van der Waals surface area (Å²) >= 11 is 3.17. The predicted molar refractivity (Wildman–Crippen MR) is 57.5 cm³/mol. The van der Waals surface area contributed by atoms with Crippen molar-refractivity contribution < 1.29 is 18.3 Å². The number of esters is 1. The number of ether oxygens (including phenoxy) is 1. The molecule has 1 aromatic heterocycles. The topological polar surface area (TPSA) is 39.2 Å². The standard InChI is InChI=1S/C10H10BrF2NO2/c1-16-9(15)3-6-2-7(4-11)14-5-8(6)10(12)13/h2,5,10H,3-4H2,1H3. The van der Waals surface area contributed by atoms with Crippen molar-refractivity contribution >= 4 is 21.9 Å². The average Bonchev–Trinajstić information content (AvgIpc) is 2.28. The summed E-state index contributed by atoms with van der Waals surface area (Å²) in [7, 11) is 1.22. The Labute approximate surface area is 99.9 Å². The van der Waals surface area contributed by atoms with Gasteiger partial charge in [0.2, 0.25) is 0 Å². The van der Waals surface area contributed by atoms with Gasteiger partial charge < -0.3 is 4.74 Å². The summed E-state index contributed by atoms with van der Waals surface area (Å²) in [6.07, 6.45) is -1.71. The van der Waals surface area contributed by atoms with Crippen LogP contribution < -0.4 is 0 Å². The molecule has 1 rings (SSSR count). The largest absolute Gasteiger partial charge is 0.469 e. The molecule has 0 unspecified atom stereocenters. The number of carbonyl (C=O) groups excluding carboxylic acids is 1. The average molecular weight is 294 g/mol. The van der Waals surface area contributed by atoms with Gasteiger partial charge in [0.1, 0.15) is 0 Å². The Balaban J connectivity index is 3.05. The van der Waals surface area contributed by atoms with Crippen LogP contribution in [0.1, 0.15) is 23.2 Å². The molecule has 16 heavy (non-hydrogen) atoms. The maximum absolute atomic E-state index is 12.6. The second kappa shape index (κ2) is 5.89. The Morgan fingerprint density at radius 3 is 2.81 bits per heavy atom. The first kappa shape index (κ1) is 13.0. The van der Waals surface area contributed by atoms with E-state index in [0.717, 1.165) is 6.20 Å². The van der Waals surface area contributed by atoms with E-state index < -0.39 is 12.4 Å². The van der Waals surface area contributed by atoms with Crippen LogP contribution >= 0.6 is 15.9 Å². The highest BCUT2D eigenvalue weighted by atomic mass is 79.9. The zero-order chi connectivity index (χ0) is 12.1. The summed E-state index contributed by atoms with van der Waals surface area (Å²) in [6, 6.07) is 1.48. The Morgan fingerprint density at radius 1 is 1.62 bits per heavy atom. The molecule has 3 nitrogen and oxygen atoms in total. The third-order valence-corrected chi connectivity index (χ3v) is 2.59. The minimum absolute atomic E-state index is 0.168. The predicted octanol–water partition coefficient (Wildman–Crippen LogP) is 2.63. The highest BCUT2D eigenvalue weighted by molar-refractivity contribution is 9.08. The number of aromatic nitrogens is 1. The third-order valence-electron chi connectivity index (χ3n) is 2.02. The molecule has 0 atom stereocenters. The number of hydrogen-bond donors (Lipinski definition) is 0. The lowest BCUT2D eigenvalue weighted by molar-refractivity contribution is -0.139. The van der Waals surface area contributed by atoms with Crippen LogP contribution in [-0.2, 0) is 21.3 Å². The SMILES string of the molecule is COC(=O)Cc1cc(CBr)ncc1C(F)F. The number of halogens is 3. The fraction of sp³-hybridized carbons (Fsp3) is 0.400. The maximum atomic E-state index is 12.6. The molecular weight excluding hydrogens is 284 g/mol. The van der Waals surface area contributed by atoms with E-state index >= 15 is 0 Å². The summed E-state index contributed by atoms with van der Waals surface area (Å²) in [6.45, 7) is 0. The molecule has 88 valence electrons. The van der Waals surface area contributed by atoms with E-state index in [2.05, 4.69) is 25.7 Å². The number of alkyl halides is 3. The summed E-state index contributed by atoms with van der Waals surface area (Å²) in [5.74, 6) is -0.548. The fourth-order valence-corrected chi connectivity index (χ4v) is 1.51. The van der Waals surface area contributed by atoms with Crippen LogP contribution in [0.2, 0.25) is 0 Å². The number of carbonyl (C=O) groups is 1. The molecule has 0 aromatic carbocycles. The molecule has 0 N–H and O–H groups in total. The second-order valence-electron chi connectivity index (χ2n) is 3.06. The van der Waals surface area contributed by atoms with E-state index in [4.69, 9.17) is 0 Å². The van der Waals surface area contributed by atoms with Crippen molar-refractivity contribution in [2.45, 2.75) is 18.2 Å². The first-order valence-electron chi connectivity index (χ1n) is 4.47. The van der Waals surface area contributed by atoms with Crippen molar-refractivity contribution in [1.29, 1.82) is 0 Å². The molecular formula is C10H10BrF2NO2. The molecule has 0 bridgehead atoms. The van der Waals surface area contributed by atoms with Gasteiger partial charge in [0, 0.05) is 17.1 Å². The van der Waals surface area contributed by atoms with E-state index in [-0.39, 0.29) is 17.5 Å². The van der Waals surface area contributed by atoms with E-state index in [1.165, 1.54) is 13.2 Å². The molecule has 6 heteroatoms. The van der Waals surface area contributed by atoms with Crippen molar-refractivity contribution in [2.75, 3.05) is 7.11 Å². The lowest BCUT2D eigenvalue weighted by atomic mass is 10.1. The molecule has 0 fully saturated rings. The molecule has 0 radical (unpaired) electrons.